The van der Waals surface area contributed by atoms with Gasteiger partial charge in [-0.05, 0) is 20.8 Å². The molecule has 6 heteroatoms. The fraction of sp³-hybridized carbons (Fsp3) is 0.692. The molecule has 0 saturated carbocycles. The highest BCUT2D eigenvalue weighted by Crippen LogP contribution is 2.15. The van der Waals surface area contributed by atoms with E-state index in [1.165, 1.54) is 11.8 Å². The Bertz CT molecular complexity index is 324. The quantitative estimate of drug-likeness (QED) is 0.623. The van der Waals surface area contributed by atoms with Crippen molar-refractivity contribution in [3.63, 3.8) is 0 Å². The lowest BCUT2D eigenvalue weighted by Crippen LogP contribution is -2.46. The summed E-state index contributed by atoms with van der Waals surface area (Å²) in [5.74, 6) is 0.259. The molecule has 0 bridgehead atoms. The molecular formula is C13H24N2O3S. The highest BCUT2D eigenvalue weighted by Gasteiger charge is 2.27. The van der Waals surface area contributed by atoms with Gasteiger partial charge in [0, 0.05) is 11.8 Å². The van der Waals surface area contributed by atoms with Crippen LogP contribution in [-0.4, -0.2) is 40.3 Å². The van der Waals surface area contributed by atoms with Gasteiger partial charge in [0.25, 0.3) is 0 Å². The van der Waals surface area contributed by atoms with Crippen LogP contribution in [0.1, 0.15) is 34.6 Å². The van der Waals surface area contributed by atoms with Crippen LogP contribution in [-0.2, 0) is 4.74 Å². The summed E-state index contributed by atoms with van der Waals surface area (Å²) in [4.78, 5) is 24.9. The van der Waals surface area contributed by atoms with Crippen LogP contribution in [0.2, 0.25) is 0 Å². The maximum Gasteiger partial charge on any atom is 0.419 e. The minimum absolute atomic E-state index is 0.259. The Kier molecular flexibility index (Phi) is 7.59. The van der Waals surface area contributed by atoms with Gasteiger partial charge in [0.2, 0.25) is 0 Å². The molecule has 5 nitrogen and oxygen atoms in total. The van der Waals surface area contributed by atoms with Crippen molar-refractivity contribution in [1.82, 2.24) is 10.2 Å². The lowest BCUT2D eigenvalue weighted by molar-refractivity contribution is 0.0351. The van der Waals surface area contributed by atoms with Crippen molar-refractivity contribution >= 4 is 23.9 Å². The highest BCUT2D eigenvalue weighted by molar-refractivity contribution is 7.99. The molecule has 110 valence electrons. The van der Waals surface area contributed by atoms with E-state index in [1.807, 2.05) is 13.8 Å². The van der Waals surface area contributed by atoms with Gasteiger partial charge in [0.1, 0.15) is 5.60 Å². The van der Waals surface area contributed by atoms with Crippen LogP contribution in [0.4, 0.5) is 9.59 Å². The van der Waals surface area contributed by atoms with Crippen LogP contribution in [0.5, 0.6) is 0 Å². The van der Waals surface area contributed by atoms with Crippen molar-refractivity contribution in [2.45, 2.75) is 45.5 Å². The predicted molar refractivity (Wildman–Crippen MR) is 79.3 cm³/mol. The number of hydrogen-bond donors (Lipinski definition) is 1. The van der Waals surface area contributed by atoms with Gasteiger partial charge in [0.05, 0.1) is 5.88 Å². The van der Waals surface area contributed by atoms with E-state index in [0.717, 1.165) is 4.90 Å². The molecule has 0 aliphatic rings. The molecule has 0 radical (unpaired) electrons. The second kappa shape index (κ2) is 8.09. The van der Waals surface area contributed by atoms with Crippen LogP contribution in [0.15, 0.2) is 12.7 Å². The van der Waals surface area contributed by atoms with Crippen LogP contribution in [0, 0.1) is 0 Å². The van der Waals surface area contributed by atoms with E-state index in [0.29, 0.717) is 11.8 Å². The van der Waals surface area contributed by atoms with Gasteiger partial charge in [0.15, 0.2) is 0 Å². The highest BCUT2D eigenvalue weighted by atomic mass is 32.2. The Balaban J connectivity index is 4.69. The fourth-order valence-electron chi connectivity index (χ4n) is 0.990. The monoisotopic (exact) mass is 288 g/mol. The van der Waals surface area contributed by atoms with Gasteiger partial charge in [-0.25, -0.2) is 14.5 Å². The molecule has 0 saturated heterocycles. The summed E-state index contributed by atoms with van der Waals surface area (Å²) in [6.07, 6.45) is 0.919. The summed E-state index contributed by atoms with van der Waals surface area (Å²) >= 11 is 1.49. The topological polar surface area (TPSA) is 58.6 Å². The van der Waals surface area contributed by atoms with Gasteiger partial charge < -0.3 is 10.1 Å². The second-order valence-corrected chi connectivity index (χ2v) is 6.76. The third-order valence-electron chi connectivity index (χ3n) is 1.79. The van der Waals surface area contributed by atoms with Gasteiger partial charge >= 0.3 is 12.1 Å². The first-order chi connectivity index (χ1) is 8.67. The molecule has 0 aliphatic heterocycles. The van der Waals surface area contributed by atoms with E-state index in [-0.39, 0.29) is 5.88 Å². The van der Waals surface area contributed by atoms with E-state index in [2.05, 4.69) is 11.9 Å². The van der Waals surface area contributed by atoms with E-state index in [9.17, 15) is 9.59 Å². The molecule has 0 fully saturated rings. The summed E-state index contributed by atoms with van der Waals surface area (Å²) in [7, 11) is 0. The van der Waals surface area contributed by atoms with Crippen LogP contribution in [0.25, 0.3) is 0 Å². The van der Waals surface area contributed by atoms with Gasteiger partial charge in [-0.2, -0.15) is 0 Å². The number of thioether (sulfide) groups is 1. The molecule has 0 aromatic carbocycles. The molecule has 0 atom stereocenters. The van der Waals surface area contributed by atoms with Crippen molar-refractivity contribution in [1.29, 1.82) is 0 Å². The van der Waals surface area contributed by atoms with Gasteiger partial charge in [-0.3, -0.25) is 0 Å². The zero-order valence-corrected chi connectivity index (χ0v) is 13.2. The molecule has 1 N–H and O–H groups in total. The number of hydrogen-bond acceptors (Lipinski definition) is 4. The maximum atomic E-state index is 12.0. The largest absolute Gasteiger partial charge is 0.443 e. The average molecular weight is 288 g/mol. The number of ether oxygens (including phenoxy) is 1. The normalized spacial score (nSPS) is 11.1. The average Bonchev–Trinajstić information content (AvgIpc) is 2.23. The summed E-state index contributed by atoms with van der Waals surface area (Å²) < 4.78 is 5.22. The van der Waals surface area contributed by atoms with E-state index < -0.39 is 17.7 Å². The molecule has 0 spiro atoms. The van der Waals surface area contributed by atoms with Crippen LogP contribution in [0.3, 0.4) is 0 Å². The predicted octanol–water partition coefficient (Wildman–Crippen LogP) is 3.22. The summed E-state index contributed by atoms with van der Waals surface area (Å²) in [5.41, 5.74) is -0.628. The Morgan fingerprint density at radius 2 is 2.00 bits per heavy atom. The Morgan fingerprint density at radius 3 is 2.42 bits per heavy atom. The van der Waals surface area contributed by atoms with Gasteiger partial charge in [-0.15, -0.1) is 18.3 Å². The molecule has 0 aliphatic carbocycles. The zero-order chi connectivity index (χ0) is 15.1. The number of carbonyl (C=O) groups is 2. The zero-order valence-electron chi connectivity index (χ0n) is 12.4. The Labute approximate surface area is 119 Å². The number of amides is 3. The first-order valence-electron chi connectivity index (χ1n) is 6.18. The first kappa shape index (κ1) is 17.8. The van der Waals surface area contributed by atoms with Crippen molar-refractivity contribution in [2.75, 3.05) is 12.4 Å². The summed E-state index contributed by atoms with van der Waals surface area (Å²) in [5, 5.41) is 2.89. The van der Waals surface area contributed by atoms with E-state index in [4.69, 9.17) is 4.74 Å². The maximum absolute atomic E-state index is 12.0. The smallest absolute Gasteiger partial charge is 0.419 e. The molecule has 0 rings (SSSR count). The number of nitrogens with one attached hydrogen (secondary N) is 1. The van der Waals surface area contributed by atoms with Crippen molar-refractivity contribution in [3.8, 4) is 0 Å². The standard InChI is InChI=1S/C13H24N2O3S/c1-7-8-14-11(16)15(9-19-10(2)3)12(17)18-13(4,5)6/h7,10H,1,8-9H2,2-6H3,(H,14,16). The lowest BCUT2D eigenvalue weighted by Gasteiger charge is -2.26. The SMILES string of the molecule is C=CCNC(=O)N(CSC(C)C)C(=O)OC(C)(C)C. The Hall–Kier alpha value is -1.17. The van der Waals surface area contributed by atoms with Crippen molar-refractivity contribution in [2.24, 2.45) is 0 Å². The molecule has 0 aromatic heterocycles. The second-order valence-electron chi connectivity index (χ2n) is 5.23. The third-order valence-corrected chi connectivity index (χ3v) is 2.87. The number of imide groups is 1. The third kappa shape index (κ3) is 8.53. The van der Waals surface area contributed by atoms with Gasteiger partial charge in [-0.1, -0.05) is 19.9 Å². The lowest BCUT2D eigenvalue weighted by atomic mass is 10.2. The number of rotatable bonds is 5. The molecule has 3 amide bonds. The number of urea groups is 1. The molecule has 19 heavy (non-hydrogen) atoms. The van der Waals surface area contributed by atoms with E-state index >= 15 is 0 Å². The fourth-order valence-corrected chi connectivity index (χ4v) is 1.66. The summed E-state index contributed by atoms with van der Waals surface area (Å²) in [6.45, 7) is 13.1. The number of nitrogens with zero attached hydrogens (tertiary/aromatic N) is 1. The number of carbonyl (C=O) groups excluding carboxylic acids is 2. The first-order valence-corrected chi connectivity index (χ1v) is 7.23. The Morgan fingerprint density at radius 1 is 1.42 bits per heavy atom. The minimum Gasteiger partial charge on any atom is -0.443 e. The van der Waals surface area contributed by atoms with Crippen molar-refractivity contribution < 1.29 is 14.3 Å². The van der Waals surface area contributed by atoms with Crippen molar-refractivity contribution in [3.05, 3.63) is 12.7 Å². The van der Waals surface area contributed by atoms with Crippen LogP contribution >= 0.6 is 11.8 Å². The minimum atomic E-state index is -0.637. The molecular weight excluding hydrogens is 264 g/mol. The van der Waals surface area contributed by atoms with Crippen LogP contribution < -0.4 is 5.32 Å². The summed E-state index contributed by atoms with van der Waals surface area (Å²) in [6, 6.07) is -0.470. The van der Waals surface area contributed by atoms with E-state index in [1.54, 1.807) is 26.8 Å². The molecule has 0 unspecified atom stereocenters. The molecule has 0 heterocycles. The molecule has 0 aromatic rings.